The van der Waals surface area contributed by atoms with Crippen molar-refractivity contribution in [2.45, 2.75) is 39.0 Å². The molecule has 1 atom stereocenters. The summed E-state index contributed by atoms with van der Waals surface area (Å²) >= 11 is 0. The van der Waals surface area contributed by atoms with Crippen molar-refractivity contribution < 1.29 is 14.7 Å². The van der Waals surface area contributed by atoms with Crippen LogP contribution in [0.25, 0.3) is 0 Å². The number of aliphatic carboxylic acids is 1. The summed E-state index contributed by atoms with van der Waals surface area (Å²) in [6, 6.07) is 0.0825. The van der Waals surface area contributed by atoms with Crippen LogP contribution in [0.4, 0.5) is 4.79 Å². The minimum atomic E-state index is -0.763. The third kappa shape index (κ3) is 3.39. The van der Waals surface area contributed by atoms with Gasteiger partial charge in [0.25, 0.3) is 0 Å². The van der Waals surface area contributed by atoms with Crippen LogP contribution in [0.3, 0.4) is 0 Å². The topological polar surface area (TPSA) is 60.9 Å². The van der Waals surface area contributed by atoms with E-state index in [4.69, 9.17) is 0 Å². The van der Waals surface area contributed by atoms with Gasteiger partial charge in [0.05, 0.1) is 5.41 Å². The summed E-state index contributed by atoms with van der Waals surface area (Å²) in [4.78, 5) is 27.8. The van der Waals surface area contributed by atoms with Crippen molar-refractivity contribution in [2.24, 2.45) is 11.3 Å². The predicted molar refractivity (Wildman–Crippen MR) is 81.1 cm³/mol. The number of carboxylic acid groups (broad SMARTS) is 1. The summed E-state index contributed by atoms with van der Waals surface area (Å²) in [6.45, 7) is 8.56. The van der Waals surface area contributed by atoms with Gasteiger partial charge in [0.2, 0.25) is 0 Å². The number of allylic oxidation sites excluding steroid dienone is 1. The maximum Gasteiger partial charge on any atom is 0.320 e. The largest absolute Gasteiger partial charge is 0.481 e. The number of hydrogen-bond donors (Lipinski definition) is 1. The van der Waals surface area contributed by atoms with E-state index in [1.54, 1.807) is 6.08 Å². The van der Waals surface area contributed by atoms with Gasteiger partial charge in [0.1, 0.15) is 0 Å². The molecule has 0 spiro atoms. The molecule has 0 radical (unpaired) electrons. The van der Waals surface area contributed by atoms with Crippen molar-refractivity contribution in [2.75, 3.05) is 26.2 Å². The van der Waals surface area contributed by atoms with Crippen molar-refractivity contribution >= 4 is 12.0 Å². The molecule has 21 heavy (non-hydrogen) atoms. The van der Waals surface area contributed by atoms with Gasteiger partial charge in [-0.15, -0.1) is 6.58 Å². The fourth-order valence-electron chi connectivity index (χ4n) is 3.47. The van der Waals surface area contributed by atoms with E-state index in [2.05, 4.69) is 13.5 Å². The van der Waals surface area contributed by atoms with Gasteiger partial charge in [-0.3, -0.25) is 4.79 Å². The molecule has 0 saturated carbocycles. The lowest BCUT2D eigenvalue weighted by Crippen LogP contribution is -2.52. The van der Waals surface area contributed by atoms with E-state index in [0.29, 0.717) is 38.3 Å². The minimum Gasteiger partial charge on any atom is -0.481 e. The summed E-state index contributed by atoms with van der Waals surface area (Å²) in [5.41, 5.74) is -0.728. The Kier molecular flexibility index (Phi) is 4.91. The third-order valence-corrected chi connectivity index (χ3v) is 4.91. The quantitative estimate of drug-likeness (QED) is 0.814. The SMILES string of the molecule is C=CCC1(C(=O)O)CCN(C(=O)N2CCCC(C)C2)CC1. The summed E-state index contributed by atoms with van der Waals surface area (Å²) in [6.07, 6.45) is 5.44. The van der Waals surface area contributed by atoms with E-state index in [-0.39, 0.29) is 6.03 Å². The zero-order chi connectivity index (χ0) is 15.5. The normalized spacial score (nSPS) is 25.5. The summed E-state index contributed by atoms with van der Waals surface area (Å²) in [7, 11) is 0. The number of carbonyl (C=O) groups is 2. The average molecular weight is 294 g/mol. The molecule has 2 aliphatic heterocycles. The van der Waals surface area contributed by atoms with Crippen LogP contribution in [0.1, 0.15) is 39.0 Å². The van der Waals surface area contributed by atoms with Crippen LogP contribution in [0.2, 0.25) is 0 Å². The van der Waals surface area contributed by atoms with Gasteiger partial charge in [-0.05, 0) is 38.0 Å². The van der Waals surface area contributed by atoms with Crippen LogP contribution >= 0.6 is 0 Å². The molecule has 2 amide bonds. The smallest absolute Gasteiger partial charge is 0.320 e. The molecule has 2 rings (SSSR count). The molecule has 1 unspecified atom stereocenters. The molecule has 1 N–H and O–H groups in total. The van der Waals surface area contributed by atoms with Crippen molar-refractivity contribution in [1.82, 2.24) is 9.80 Å². The highest BCUT2D eigenvalue weighted by molar-refractivity contribution is 5.77. The standard InChI is InChI=1S/C16H26N2O3/c1-3-6-16(14(19)20)7-10-17(11-8-16)15(21)18-9-4-5-13(2)12-18/h3,13H,1,4-12H2,2H3,(H,19,20). The molecule has 2 fully saturated rings. The number of piperidine rings is 2. The van der Waals surface area contributed by atoms with Gasteiger partial charge in [-0.25, -0.2) is 4.79 Å². The lowest BCUT2D eigenvalue weighted by molar-refractivity contribution is -0.151. The Labute approximate surface area is 126 Å². The van der Waals surface area contributed by atoms with E-state index >= 15 is 0 Å². The lowest BCUT2D eigenvalue weighted by Gasteiger charge is -2.41. The average Bonchev–Trinajstić information content (AvgIpc) is 2.47. The van der Waals surface area contributed by atoms with Crippen molar-refractivity contribution in [3.63, 3.8) is 0 Å². The summed E-state index contributed by atoms with van der Waals surface area (Å²) in [5, 5.41) is 9.47. The molecule has 2 saturated heterocycles. The second-order valence-corrected chi connectivity index (χ2v) is 6.54. The Morgan fingerprint density at radius 2 is 1.95 bits per heavy atom. The fraction of sp³-hybridized carbons (Fsp3) is 0.750. The molecule has 5 nitrogen and oxygen atoms in total. The first kappa shape index (κ1) is 15.9. The van der Waals surface area contributed by atoms with Gasteiger partial charge < -0.3 is 14.9 Å². The Bertz CT molecular complexity index is 414. The first-order valence-corrected chi connectivity index (χ1v) is 7.86. The zero-order valence-corrected chi connectivity index (χ0v) is 12.9. The van der Waals surface area contributed by atoms with E-state index in [9.17, 15) is 14.7 Å². The molecule has 0 bridgehead atoms. The Hall–Kier alpha value is -1.52. The molecule has 2 aliphatic rings. The highest BCUT2D eigenvalue weighted by atomic mass is 16.4. The summed E-state index contributed by atoms with van der Waals surface area (Å²) in [5.74, 6) is -0.201. The Morgan fingerprint density at radius 3 is 2.48 bits per heavy atom. The second-order valence-electron chi connectivity index (χ2n) is 6.54. The maximum absolute atomic E-state index is 12.5. The first-order chi connectivity index (χ1) is 9.98. The first-order valence-electron chi connectivity index (χ1n) is 7.86. The Morgan fingerprint density at radius 1 is 1.29 bits per heavy atom. The van der Waals surface area contributed by atoms with E-state index < -0.39 is 11.4 Å². The molecule has 0 aromatic rings. The molecular weight excluding hydrogens is 268 g/mol. The van der Waals surface area contributed by atoms with E-state index in [0.717, 1.165) is 19.5 Å². The Balaban J connectivity index is 1.95. The zero-order valence-electron chi connectivity index (χ0n) is 12.9. The second kappa shape index (κ2) is 6.50. The number of amides is 2. The highest BCUT2D eigenvalue weighted by Crippen LogP contribution is 2.36. The van der Waals surface area contributed by atoms with Gasteiger partial charge in [-0.1, -0.05) is 13.0 Å². The van der Waals surface area contributed by atoms with Gasteiger partial charge >= 0.3 is 12.0 Å². The predicted octanol–water partition coefficient (Wildman–Crippen LogP) is 2.58. The van der Waals surface area contributed by atoms with Crippen molar-refractivity contribution in [1.29, 1.82) is 0 Å². The van der Waals surface area contributed by atoms with Crippen molar-refractivity contribution in [3.8, 4) is 0 Å². The molecule has 0 aliphatic carbocycles. The van der Waals surface area contributed by atoms with Crippen LogP contribution in [0.15, 0.2) is 12.7 Å². The van der Waals surface area contributed by atoms with Gasteiger partial charge in [-0.2, -0.15) is 0 Å². The summed E-state index contributed by atoms with van der Waals surface area (Å²) < 4.78 is 0. The van der Waals surface area contributed by atoms with Gasteiger partial charge in [0, 0.05) is 26.2 Å². The van der Waals surface area contributed by atoms with Crippen LogP contribution in [0.5, 0.6) is 0 Å². The maximum atomic E-state index is 12.5. The van der Waals surface area contributed by atoms with E-state index in [1.165, 1.54) is 6.42 Å². The molecule has 2 heterocycles. The number of likely N-dealkylation sites (tertiary alicyclic amines) is 2. The number of urea groups is 1. The van der Waals surface area contributed by atoms with Gasteiger partial charge in [0.15, 0.2) is 0 Å². The number of rotatable bonds is 3. The van der Waals surface area contributed by atoms with Crippen LogP contribution in [0, 0.1) is 11.3 Å². The molecule has 0 aromatic heterocycles. The molecular formula is C16H26N2O3. The van der Waals surface area contributed by atoms with Crippen LogP contribution in [-0.2, 0) is 4.79 Å². The van der Waals surface area contributed by atoms with Crippen molar-refractivity contribution in [3.05, 3.63) is 12.7 Å². The number of carbonyl (C=O) groups excluding carboxylic acids is 1. The number of carboxylic acids is 1. The van der Waals surface area contributed by atoms with E-state index in [1.807, 2.05) is 9.80 Å². The molecule has 118 valence electrons. The number of nitrogens with zero attached hydrogens (tertiary/aromatic N) is 2. The van der Waals surface area contributed by atoms with Crippen LogP contribution in [-0.4, -0.2) is 53.1 Å². The molecule has 5 heteroatoms. The molecule has 0 aromatic carbocycles. The lowest BCUT2D eigenvalue weighted by atomic mass is 9.76. The third-order valence-electron chi connectivity index (χ3n) is 4.91. The monoisotopic (exact) mass is 294 g/mol. The minimum absolute atomic E-state index is 0.0825. The number of hydrogen-bond acceptors (Lipinski definition) is 2. The van der Waals surface area contributed by atoms with Crippen LogP contribution < -0.4 is 0 Å². The fourth-order valence-corrected chi connectivity index (χ4v) is 3.47. The highest BCUT2D eigenvalue weighted by Gasteiger charge is 2.42.